The van der Waals surface area contributed by atoms with Gasteiger partial charge in [0.1, 0.15) is 0 Å². The fraction of sp³-hybridized carbons (Fsp3) is 0.375. The quantitative estimate of drug-likeness (QED) is 0.906. The van der Waals surface area contributed by atoms with Crippen LogP contribution in [0.5, 0.6) is 0 Å². The Morgan fingerprint density at radius 1 is 1.41 bits per heavy atom. The Kier molecular flexibility index (Phi) is 4.39. The zero-order chi connectivity index (χ0) is 15.4. The first-order valence-corrected chi connectivity index (χ1v) is 7.51. The van der Waals surface area contributed by atoms with Gasteiger partial charge in [0.15, 0.2) is 0 Å². The van der Waals surface area contributed by atoms with Gasteiger partial charge >= 0.3 is 6.03 Å². The molecular weight excluding hydrogens is 280 g/mol. The number of aliphatic hydroxyl groups is 1. The molecule has 0 aliphatic carbocycles. The molecule has 6 nitrogen and oxygen atoms in total. The molecule has 2 heterocycles. The second kappa shape index (κ2) is 6.62. The van der Waals surface area contributed by atoms with Crippen LogP contribution in [-0.2, 0) is 6.54 Å². The Morgan fingerprint density at radius 3 is 3.09 bits per heavy atom. The Balaban J connectivity index is 1.66. The van der Waals surface area contributed by atoms with E-state index in [1.54, 1.807) is 11.1 Å². The number of nitrogens with zero attached hydrogens (tertiary/aromatic N) is 3. The average molecular weight is 300 g/mol. The molecule has 3 rings (SSSR count). The smallest absolute Gasteiger partial charge is 0.322 e. The van der Waals surface area contributed by atoms with E-state index < -0.39 is 0 Å². The van der Waals surface area contributed by atoms with Crippen molar-refractivity contribution in [2.45, 2.75) is 25.4 Å². The number of rotatable bonds is 4. The predicted octanol–water partition coefficient (Wildman–Crippen LogP) is 1.92. The van der Waals surface area contributed by atoms with Gasteiger partial charge < -0.3 is 15.3 Å². The zero-order valence-electron chi connectivity index (χ0n) is 12.4. The van der Waals surface area contributed by atoms with Crippen molar-refractivity contribution >= 4 is 11.7 Å². The Bertz CT molecular complexity index is 627. The zero-order valence-corrected chi connectivity index (χ0v) is 12.4. The molecule has 0 spiro atoms. The van der Waals surface area contributed by atoms with Gasteiger partial charge in [-0.2, -0.15) is 5.10 Å². The van der Waals surface area contributed by atoms with Crippen molar-refractivity contribution in [3.8, 4) is 0 Å². The first-order chi connectivity index (χ1) is 10.8. The van der Waals surface area contributed by atoms with E-state index in [9.17, 15) is 9.90 Å². The highest BCUT2D eigenvalue weighted by Gasteiger charge is 2.27. The molecule has 2 aromatic rings. The number of carbonyl (C=O) groups excluding carboxylic acids is 1. The van der Waals surface area contributed by atoms with E-state index in [0.29, 0.717) is 13.1 Å². The number of anilines is 1. The van der Waals surface area contributed by atoms with Gasteiger partial charge in [0, 0.05) is 24.6 Å². The van der Waals surface area contributed by atoms with Crippen LogP contribution in [0, 0.1) is 0 Å². The molecule has 1 aromatic carbocycles. The number of nitrogens with one attached hydrogen (secondary N) is 1. The highest BCUT2D eigenvalue weighted by atomic mass is 16.3. The van der Waals surface area contributed by atoms with Crippen molar-refractivity contribution in [2.75, 3.05) is 18.5 Å². The first-order valence-electron chi connectivity index (χ1n) is 7.51. The molecule has 1 atom stereocenters. The second-order valence-corrected chi connectivity index (χ2v) is 5.51. The van der Waals surface area contributed by atoms with E-state index in [0.717, 1.165) is 24.1 Å². The van der Waals surface area contributed by atoms with E-state index >= 15 is 0 Å². The standard InChI is InChI=1S/C16H20N4O2/c21-12-15-6-2-9-20(15)16(22)18-14-5-1-4-13(10-14)11-19-8-3-7-17-19/h1,3-5,7-8,10,15,21H,2,6,9,11-12H2,(H,18,22)/t15-/m1/s1. The number of amides is 2. The van der Waals surface area contributed by atoms with Crippen LogP contribution in [0.4, 0.5) is 10.5 Å². The van der Waals surface area contributed by atoms with Crippen LogP contribution in [0.25, 0.3) is 0 Å². The third-order valence-electron chi connectivity index (χ3n) is 3.93. The molecule has 22 heavy (non-hydrogen) atoms. The molecule has 0 unspecified atom stereocenters. The van der Waals surface area contributed by atoms with Crippen molar-refractivity contribution in [1.82, 2.24) is 14.7 Å². The van der Waals surface area contributed by atoms with Crippen molar-refractivity contribution in [3.05, 3.63) is 48.3 Å². The maximum absolute atomic E-state index is 12.3. The van der Waals surface area contributed by atoms with Crippen molar-refractivity contribution in [3.63, 3.8) is 0 Å². The van der Waals surface area contributed by atoms with E-state index in [-0.39, 0.29) is 18.7 Å². The minimum Gasteiger partial charge on any atom is -0.394 e. The molecule has 1 aliphatic rings. The lowest BCUT2D eigenvalue weighted by atomic mass is 10.2. The number of likely N-dealkylation sites (tertiary alicyclic amines) is 1. The molecule has 116 valence electrons. The van der Waals surface area contributed by atoms with Gasteiger partial charge in [-0.25, -0.2) is 4.79 Å². The number of carbonyl (C=O) groups is 1. The van der Waals surface area contributed by atoms with Gasteiger partial charge in [-0.15, -0.1) is 0 Å². The summed E-state index contributed by atoms with van der Waals surface area (Å²) in [7, 11) is 0. The second-order valence-electron chi connectivity index (χ2n) is 5.51. The van der Waals surface area contributed by atoms with Crippen molar-refractivity contribution in [2.24, 2.45) is 0 Å². The normalized spacial score (nSPS) is 17.7. The lowest BCUT2D eigenvalue weighted by molar-refractivity contribution is 0.166. The molecule has 1 aromatic heterocycles. The number of aromatic nitrogens is 2. The number of hydrogen-bond donors (Lipinski definition) is 2. The minimum absolute atomic E-state index is 0.0206. The Morgan fingerprint density at radius 2 is 2.32 bits per heavy atom. The van der Waals surface area contributed by atoms with E-state index in [4.69, 9.17) is 0 Å². The Hall–Kier alpha value is -2.34. The molecule has 2 amide bonds. The number of aliphatic hydroxyl groups excluding tert-OH is 1. The van der Waals surface area contributed by atoms with Crippen LogP contribution >= 0.6 is 0 Å². The predicted molar refractivity (Wildman–Crippen MR) is 83.6 cm³/mol. The summed E-state index contributed by atoms with van der Waals surface area (Å²) >= 11 is 0. The molecule has 0 bridgehead atoms. The summed E-state index contributed by atoms with van der Waals surface area (Å²) in [6.07, 6.45) is 5.45. The molecule has 2 N–H and O–H groups in total. The third kappa shape index (κ3) is 3.28. The molecule has 0 saturated carbocycles. The van der Waals surface area contributed by atoms with Gasteiger partial charge in [0.05, 0.1) is 19.2 Å². The summed E-state index contributed by atoms with van der Waals surface area (Å²) in [5.74, 6) is 0. The highest BCUT2D eigenvalue weighted by molar-refractivity contribution is 5.89. The highest BCUT2D eigenvalue weighted by Crippen LogP contribution is 2.19. The number of hydrogen-bond acceptors (Lipinski definition) is 3. The average Bonchev–Trinajstić information content (AvgIpc) is 3.18. The molecule has 6 heteroatoms. The van der Waals surface area contributed by atoms with Crippen molar-refractivity contribution in [1.29, 1.82) is 0 Å². The summed E-state index contributed by atoms with van der Waals surface area (Å²) in [4.78, 5) is 14.0. The molecule has 0 radical (unpaired) electrons. The van der Waals surface area contributed by atoms with Crippen LogP contribution in [-0.4, -0.2) is 45.0 Å². The van der Waals surface area contributed by atoms with Crippen LogP contribution in [0.2, 0.25) is 0 Å². The fourth-order valence-corrected chi connectivity index (χ4v) is 2.82. The SMILES string of the molecule is O=C(Nc1cccc(Cn2cccn2)c1)N1CCC[C@@H]1CO. The Labute approximate surface area is 129 Å². The van der Waals surface area contributed by atoms with Gasteiger partial charge in [-0.1, -0.05) is 12.1 Å². The number of urea groups is 1. The van der Waals surface area contributed by atoms with Gasteiger partial charge in [0.25, 0.3) is 0 Å². The lowest BCUT2D eigenvalue weighted by Gasteiger charge is -2.23. The van der Waals surface area contributed by atoms with E-state index in [2.05, 4.69) is 10.4 Å². The molecule has 1 saturated heterocycles. The molecule has 1 fully saturated rings. The van der Waals surface area contributed by atoms with Gasteiger partial charge in [-0.3, -0.25) is 4.68 Å². The summed E-state index contributed by atoms with van der Waals surface area (Å²) in [6.45, 7) is 1.39. The lowest BCUT2D eigenvalue weighted by Crippen LogP contribution is -2.40. The van der Waals surface area contributed by atoms with Crippen molar-refractivity contribution < 1.29 is 9.90 Å². The summed E-state index contributed by atoms with van der Waals surface area (Å²) < 4.78 is 1.84. The summed E-state index contributed by atoms with van der Waals surface area (Å²) in [5.41, 5.74) is 1.83. The third-order valence-corrected chi connectivity index (χ3v) is 3.93. The van der Waals surface area contributed by atoms with Crippen LogP contribution in [0.15, 0.2) is 42.7 Å². The molecular formula is C16H20N4O2. The largest absolute Gasteiger partial charge is 0.394 e. The van der Waals surface area contributed by atoms with Crippen LogP contribution < -0.4 is 5.32 Å². The maximum Gasteiger partial charge on any atom is 0.322 e. The van der Waals surface area contributed by atoms with Crippen LogP contribution in [0.1, 0.15) is 18.4 Å². The minimum atomic E-state index is -0.146. The van der Waals surface area contributed by atoms with Gasteiger partial charge in [-0.05, 0) is 36.6 Å². The maximum atomic E-state index is 12.3. The number of benzene rings is 1. The monoisotopic (exact) mass is 300 g/mol. The van der Waals surface area contributed by atoms with E-state index in [1.807, 2.05) is 41.2 Å². The fourth-order valence-electron chi connectivity index (χ4n) is 2.82. The summed E-state index contributed by atoms with van der Waals surface area (Å²) in [5, 5.41) is 16.4. The summed E-state index contributed by atoms with van der Waals surface area (Å²) in [6, 6.07) is 9.41. The topological polar surface area (TPSA) is 70.4 Å². The van der Waals surface area contributed by atoms with Crippen LogP contribution in [0.3, 0.4) is 0 Å². The first kappa shape index (κ1) is 14.6. The van der Waals surface area contributed by atoms with Gasteiger partial charge in [0.2, 0.25) is 0 Å². The van der Waals surface area contributed by atoms with E-state index in [1.165, 1.54) is 0 Å². The molecule has 1 aliphatic heterocycles.